The largest absolute Gasteiger partial charge is 0.469 e. The molecule has 1 aliphatic rings. The minimum absolute atomic E-state index is 0.141. The second-order valence-corrected chi connectivity index (χ2v) is 7.73. The molecule has 1 saturated carbocycles. The fourth-order valence-electron chi connectivity index (χ4n) is 4.12. The Bertz CT molecular complexity index is 854. The van der Waals surface area contributed by atoms with Crippen LogP contribution in [-0.2, 0) is 37.0 Å². The summed E-state index contributed by atoms with van der Waals surface area (Å²) < 4.78 is 10.5. The number of aldehydes is 1. The van der Waals surface area contributed by atoms with Crippen LogP contribution in [0.15, 0.2) is 60.7 Å². The van der Waals surface area contributed by atoms with Crippen molar-refractivity contribution in [2.45, 2.75) is 38.0 Å². The Morgan fingerprint density at radius 2 is 1.53 bits per heavy atom. The molecule has 3 atom stereocenters. The van der Waals surface area contributed by atoms with Crippen molar-refractivity contribution >= 4 is 18.2 Å². The molecular weight excluding hydrogens is 382 g/mol. The van der Waals surface area contributed by atoms with Crippen molar-refractivity contribution in [1.82, 2.24) is 5.32 Å². The lowest BCUT2D eigenvalue weighted by Gasteiger charge is -2.29. The molecule has 1 N–H and O–H groups in total. The Kier molecular flexibility index (Phi) is 7.36. The van der Waals surface area contributed by atoms with Gasteiger partial charge in [0.05, 0.1) is 18.9 Å². The molecule has 0 radical (unpaired) electrons. The van der Waals surface area contributed by atoms with Gasteiger partial charge < -0.3 is 19.6 Å². The quantitative estimate of drug-likeness (QED) is 0.506. The lowest BCUT2D eigenvalue weighted by atomic mass is 9.91. The number of carbonyl (C=O) groups excluding carboxylic acids is 3. The second-order valence-electron chi connectivity index (χ2n) is 7.73. The Balaban J connectivity index is 1.74. The van der Waals surface area contributed by atoms with Gasteiger partial charge in [0.2, 0.25) is 0 Å². The van der Waals surface area contributed by atoms with Gasteiger partial charge >= 0.3 is 11.9 Å². The van der Waals surface area contributed by atoms with Gasteiger partial charge in [0.25, 0.3) is 0 Å². The third-order valence-corrected chi connectivity index (χ3v) is 5.72. The molecule has 2 aromatic rings. The summed E-state index contributed by atoms with van der Waals surface area (Å²) in [5, 5.41) is 3.43. The summed E-state index contributed by atoms with van der Waals surface area (Å²) in [7, 11) is 1.31. The van der Waals surface area contributed by atoms with Crippen LogP contribution >= 0.6 is 0 Å². The van der Waals surface area contributed by atoms with E-state index in [9.17, 15) is 14.4 Å². The van der Waals surface area contributed by atoms with Gasteiger partial charge in [0, 0.05) is 18.5 Å². The number of hydrogen-bond donors (Lipinski definition) is 1. The molecular formula is C24H27NO5. The number of ether oxygens (including phenoxy) is 2. The molecule has 0 heterocycles. The maximum absolute atomic E-state index is 12.9. The molecule has 158 valence electrons. The number of carbonyl (C=O) groups is 3. The summed E-state index contributed by atoms with van der Waals surface area (Å²) in [5.41, 5.74) is 1.28. The molecule has 1 fully saturated rings. The number of hydrogen-bond acceptors (Lipinski definition) is 6. The highest BCUT2D eigenvalue weighted by atomic mass is 16.5. The van der Waals surface area contributed by atoms with Crippen molar-refractivity contribution in [2.24, 2.45) is 11.8 Å². The molecule has 3 unspecified atom stereocenters. The van der Waals surface area contributed by atoms with Gasteiger partial charge in [-0.2, -0.15) is 0 Å². The summed E-state index contributed by atoms with van der Waals surface area (Å²) in [6.45, 7) is 0.677. The molecule has 1 aliphatic carbocycles. The van der Waals surface area contributed by atoms with E-state index in [0.29, 0.717) is 19.4 Å². The highest BCUT2D eigenvalue weighted by Gasteiger charge is 2.51. The molecule has 0 spiro atoms. The van der Waals surface area contributed by atoms with Crippen molar-refractivity contribution in [3.8, 4) is 0 Å². The van der Waals surface area contributed by atoms with Crippen LogP contribution in [0.2, 0.25) is 0 Å². The molecule has 0 amide bonds. The summed E-state index contributed by atoms with van der Waals surface area (Å²) in [5.74, 6) is -2.21. The van der Waals surface area contributed by atoms with Crippen LogP contribution in [0.5, 0.6) is 0 Å². The van der Waals surface area contributed by atoms with E-state index >= 15 is 0 Å². The highest BCUT2D eigenvalue weighted by molar-refractivity contribution is 5.83. The fourth-order valence-corrected chi connectivity index (χ4v) is 4.12. The van der Waals surface area contributed by atoms with Crippen LogP contribution in [0, 0.1) is 11.8 Å². The van der Waals surface area contributed by atoms with Crippen molar-refractivity contribution in [1.29, 1.82) is 0 Å². The molecule has 0 aliphatic heterocycles. The van der Waals surface area contributed by atoms with Gasteiger partial charge in [-0.1, -0.05) is 60.7 Å². The predicted molar refractivity (Wildman–Crippen MR) is 111 cm³/mol. The van der Waals surface area contributed by atoms with Gasteiger partial charge in [-0.25, -0.2) is 0 Å². The zero-order chi connectivity index (χ0) is 21.4. The number of methoxy groups -OCH3 is 1. The molecule has 6 heteroatoms. The summed E-state index contributed by atoms with van der Waals surface area (Å²) in [4.78, 5) is 36.7. The average Bonchev–Trinajstić information content (AvgIpc) is 3.17. The second kappa shape index (κ2) is 10.2. The van der Waals surface area contributed by atoms with E-state index in [1.807, 2.05) is 60.7 Å². The van der Waals surface area contributed by atoms with E-state index in [2.05, 4.69) is 5.32 Å². The van der Waals surface area contributed by atoms with Crippen LogP contribution in [-0.4, -0.2) is 30.9 Å². The molecule has 0 saturated heterocycles. The van der Waals surface area contributed by atoms with E-state index in [1.54, 1.807) is 0 Å². The normalized spacial score (nSPS) is 23.0. The Labute approximate surface area is 176 Å². The van der Waals surface area contributed by atoms with Crippen molar-refractivity contribution in [2.75, 3.05) is 7.11 Å². The van der Waals surface area contributed by atoms with Crippen LogP contribution < -0.4 is 5.32 Å². The maximum Gasteiger partial charge on any atom is 0.310 e. The molecule has 30 heavy (non-hydrogen) atoms. The molecule has 0 bridgehead atoms. The Hall–Kier alpha value is -2.99. The lowest BCUT2D eigenvalue weighted by molar-refractivity contribution is -0.158. The molecule has 0 aromatic heterocycles. The van der Waals surface area contributed by atoms with E-state index in [-0.39, 0.29) is 13.0 Å². The Morgan fingerprint density at radius 1 is 0.967 bits per heavy atom. The maximum atomic E-state index is 12.9. The first kappa shape index (κ1) is 21.7. The van der Waals surface area contributed by atoms with E-state index < -0.39 is 29.3 Å². The number of benzene rings is 2. The summed E-state index contributed by atoms with van der Waals surface area (Å²) >= 11 is 0. The summed E-state index contributed by atoms with van der Waals surface area (Å²) in [6, 6.07) is 19.2. The van der Waals surface area contributed by atoms with Crippen LogP contribution in [0.25, 0.3) is 0 Å². The Morgan fingerprint density at radius 3 is 2.10 bits per heavy atom. The first-order valence-corrected chi connectivity index (χ1v) is 10.1. The minimum Gasteiger partial charge on any atom is -0.469 e. The predicted octanol–water partition coefficient (Wildman–Crippen LogP) is 3.05. The third-order valence-electron chi connectivity index (χ3n) is 5.72. The van der Waals surface area contributed by atoms with Crippen molar-refractivity contribution in [3.05, 3.63) is 71.8 Å². The zero-order valence-corrected chi connectivity index (χ0v) is 17.1. The smallest absolute Gasteiger partial charge is 0.310 e. The highest BCUT2D eigenvalue weighted by Crippen LogP contribution is 2.42. The number of rotatable bonds is 9. The SMILES string of the molecule is COC(=O)C1CC(CC=O)(NCc2ccccc2)CC1C(=O)OCc1ccccc1. The van der Waals surface area contributed by atoms with Crippen molar-refractivity contribution < 1.29 is 23.9 Å². The summed E-state index contributed by atoms with van der Waals surface area (Å²) in [6.07, 6.45) is 1.72. The monoisotopic (exact) mass is 409 g/mol. The minimum atomic E-state index is -0.663. The van der Waals surface area contributed by atoms with Crippen LogP contribution in [0.3, 0.4) is 0 Å². The van der Waals surface area contributed by atoms with E-state index in [4.69, 9.17) is 9.47 Å². The topological polar surface area (TPSA) is 81.7 Å². The van der Waals surface area contributed by atoms with Crippen LogP contribution in [0.4, 0.5) is 0 Å². The lowest BCUT2D eigenvalue weighted by Crippen LogP contribution is -2.43. The average molecular weight is 409 g/mol. The standard InChI is InChI=1S/C24H27NO5/c1-29-22(27)20-14-24(12-13-26,25-16-18-8-4-2-5-9-18)15-21(20)23(28)30-17-19-10-6-3-7-11-19/h2-11,13,20-21,25H,12,14-17H2,1H3. The molecule has 3 rings (SSSR count). The van der Waals surface area contributed by atoms with Crippen molar-refractivity contribution in [3.63, 3.8) is 0 Å². The van der Waals surface area contributed by atoms with Crippen LogP contribution in [0.1, 0.15) is 30.4 Å². The van der Waals surface area contributed by atoms with E-state index in [0.717, 1.165) is 17.4 Å². The van der Waals surface area contributed by atoms with Gasteiger partial charge in [0.1, 0.15) is 12.9 Å². The van der Waals surface area contributed by atoms with Gasteiger partial charge in [-0.3, -0.25) is 9.59 Å². The van der Waals surface area contributed by atoms with Gasteiger partial charge in [0.15, 0.2) is 0 Å². The zero-order valence-electron chi connectivity index (χ0n) is 17.1. The van der Waals surface area contributed by atoms with E-state index in [1.165, 1.54) is 7.11 Å². The van der Waals surface area contributed by atoms with Gasteiger partial charge in [-0.15, -0.1) is 0 Å². The third kappa shape index (κ3) is 5.33. The number of nitrogens with one attached hydrogen (secondary N) is 1. The number of esters is 2. The van der Waals surface area contributed by atoms with Gasteiger partial charge in [-0.05, 0) is 24.0 Å². The molecule has 6 nitrogen and oxygen atoms in total. The molecule has 2 aromatic carbocycles. The first-order valence-electron chi connectivity index (χ1n) is 10.1. The fraction of sp³-hybridized carbons (Fsp3) is 0.375. The first-order chi connectivity index (χ1) is 14.6.